The molecule has 0 fully saturated rings. The van der Waals surface area contributed by atoms with Crippen LogP contribution in [0.2, 0.25) is 0 Å². The van der Waals surface area contributed by atoms with Gasteiger partial charge in [-0.1, -0.05) is 43.3 Å². The predicted molar refractivity (Wildman–Crippen MR) is 130 cm³/mol. The molecule has 0 radical (unpaired) electrons. The molecule has 0 saturated heterocycles. The maximum atomic E-state index is 12.7. The van der Waals surface area contributed by atoms with Gasteiger partial charge in [-0.05, 0) is 37.1 Å². The van der Waals surface area contributed by atoms with Crippen LogP contribution in [0.15, 0.2) is 53.7 Å². The van der Waals surface area contributed by atoms with Crippen molar-refractivity contribution in [1.29, 1.82) is 0 Å². The van der Waals surface area contributed by atoms with Crippen LogP contribution in [0, 0.1) is 23.0 Å². The minimum absolute atomic E-state index is 0.0480. The minimum atomic E-state index is -0.499. The molecule has 34 heavy (non-hydrogen) atoms. The summed E-state index contributed by atoms with van der Waals surface area (Å²) in [6.07, 6.45) is 0. The van der Waals surface area contributed by atoms with Crippen LogP contribution in [0.4, 0.5) is 11.4 Å². The Balaban J connectivity index is 1.63. The topological polar surface area (TPSA) is 132 Å². The molecule has 0 aliphatic carbocycles. The van der Waals surface area contributed by atoms with Crippen LogP contribution in [0.25, 0.3) is 0 Å². The van der Waals surface area contributed by atoms with Gasteiger partial charge in [-0.2, -0.15) is 0 Å². The number of carbonyl (C=O) groups excluding carboxylic acids is 2. The number of nitrogens with one attached hydrogen (secondary N) is 2. The zero-order chi connectivity index (χ0) is 24.8. The highest BCUT2D eigenvalue weighted by Gasteiger charge is 2.25. The molecule has 0 aliphatic rings. The summed E-state index contributed by atoms with van der Waals surface area (Å²) in [7, 11) is 1.79. The van der Waals surface area contributed by atoms with E-state index in [0.717, 1.165) is 5.56 Å². The highest BCUT2D eigenvalue weighted by atomic mass is 32.2. The third-order valence-electron chi connectivity index (χ3n) is 5.11. The smallest absolute Gasteiger partial charge is 0.269 e. The summed E-state index contributed by atoms with van der Waals surface area (Å²) in [4.78, 5) is 35.3. The summed E-state index contributed by atoms with van der Waals surface area (Å²) < 4.78 is 1.77. The first-order valence-corrected chi connectivity index (χ1v) is 11.6. The van der Waals surface area contributed by atoms with E-state index in [4.69, 9.17) is 0 Å². The van der Waals surface area contributed by atoms with E-state index >= 15 is 0 Å². The van der Waals surface area contributed by atoms with Gasteiger partial charge in [0.2, 0.25) is 5.91 Å². The lowest BCUT2D eigenvalue weighted by Crippen LogP contribution is -2.33. The number of aryl methyl sites for hydroxylation is 1. The molecule has 0 saturated carbocycles. The van der Waals surface area contributed by atoms with Crippen molar-refractivity contribution in [3.05, 3.63) is 75.6 Å². The minimum Gasteiger partial charge on any atom is -0.342 e. The number of thioether (sulfide) groups is 1. The van der Waals surface area contributed by atoms with Gasteiger partial charge in [0.15, 0.2) is 11.0 Å². The molecule has 0 aliphatic heterocycles. The van der Waals surface area contributed by atoms with E-state index < -0.39 is 4.92 Å². The van der Waals surface area contributed by atoms with Gasteiger partial charge in [0.05, 0.1) is 16.7 Å². The fourth-order valence-electron chi connectivity index (χ4n) is 3.18. The number of non-ortho nitro benzene ring substituents is 1. The van der Waals surface area contributed by atoms with E-state index in [2.05, 4.69) is 20.8 Å². The number of carbonyl (C=O) groups is 2. The first-order chi connectivity index (χ1) is 16.2. The van der Waals surface area contributed by atoms with E-state index in [1.807, 2.05) is 32.9 Å². The van der Waals surface area contributed by atoms with Gasteiger partial charge in [0.1, 0.15) is 0 Å². The number of benzene rings is 2. The quantitative estimate of drug-likeness (QED) is 0.269. The molecule has 0 spiro atoms. The van der Waals surface area contributed by atoms with E-state index in [-0.39, 0.29) is 35.2 Å². The Kier molecular flexibility index (Phi) is 8.00. The molecule has 11 heteroatoms. The Labute approximate surface area is 201 Å². The van der Waals surface area contributed by atoms with Crippen molar-refractivity contribution in [1.82, 2.24) is 20.1 Å². The number of hydrogen-bond acceptors (Lipinski definition) is 7. The average Bonchev–Trinajstić information content (AvgIpc) is 3.16. The highest BCUT2D eigenvalue weighted by Crippen LogP contribution is 2.25. The van der Waals surface area contributed by atoms with E-state index in [1.54, 1.807) is 23.7 Å². The van der Waals surface area contributed by atoms with E-state index in [9.17, 15) is 19.7 Å². The second-order valence-electron chi connectivity index (χ2n) is 8.10. The molecule has 3 rings (SSSR count). The number of nitro groups is 1. The van der Waals surface area contributed by atoms with Crippen molar-refractivity contribution < 1.29 is 14.5 Å². The maximum absolute atomic E-state index is 12.7. The van der Waals surface area contributed by atoms with Gasteiger partial charge in [-0.15, -0.1) is 10.2 Å². The van der Waals surface area contributed by atoms with Gasteiger partial charge < -0.3 is 15.2 Å². The lowest BCUT2D eigenvalue weighted by atomic mass is 10.0. The molecular formula is C23H26N6O4S. The zero-order valence-electron chi connectivity index (χ0n) is 19.3. The summed E-state index contributed by atoms with van der Waals surface area (Å²) in [6, 6.07) is 12.6. The number of aromatic nitrogens is 3. The monoisotopic (exact) mass is 482 g/mol. The highest BCUT2D eigenvalue weighted by molar-refractivity contribution is 7.99. The summed E-state index contributed by atoms with van der Waals surface area (Å²) in [5, 5.41) is 25.5. The fourth-order valence-corrected chi connectivity index (χ4v) is 3.89. The molecule has 178 valence electrons. The van der Waals surface area contributed by atoms with Crippen molar-refractivity contribution in [3.63, 3.8) is 0 Å². The molecule has 10 nitrogen and oxygen atoms in total. The van der Waals surface area contributed by atoms with E-state index in [0.29, 0.717) is 22.2 Å². The molecule has 0 unspecified atom stereocenters. The Bertz CT molecular complexity index is 1180. The summed E-state index contributed by atoms with van der Waals surface area (Å²) in [5.41, 5.74) is 2.06. The maximum Gasteiger partial charge on any atom is 0.269 e. The van der Waals surface area contributed by atoms with Gasteiger partial charge in [-0.3, -0.25) is 19.7 Å². The third kappa shape index (κ3) is 6.19. The van der Waals surface area contributed by atoms with Crippen LogP contribution in [0.5, 0.6) is 0 Å². The third-order valence-corrected chi connectivity index (χ3v) is 6.13. The molecule has 3 aromatic rings. The Morgan fingerprint density at radius 2 is 1.74 bits per heavy atom. The number of anilines is 1. The first kappa shape index (κ1) is 24.9. The van der Waals surface area contributed by atoms with Crippen molar-refractivity contribution in [3.8, 4) is 0 Å². The van der Waals surface area contributed by atoms with Crippen LogP contribution in [-0.2, 0) is 11.8 Å². The molecule has 1 atom stereocenters. The lowest BCUT2D eigenvalue weighted by Gasteiger charge is -2.21. The van der Waals surface area contributed by atoms with Gasteiger partial charge >= 0.3 is 0 Å². The Hall–Kier alpha value is -3.73. The number of nitrogens with zero attached hydrogens (tertiary/aromatic N) is 4. The average molecular weight is 483 g/mol. The SMILES string of the molecule is Cc1ccc(C(=O)N[C@@H](c2nnc(SCC(=O)Nc3ccc([N+](=O)[O-])cc3)n2C)C(C)C)cc1. The number of rotatable bonds is 9. The van der Waals surface area contributed by atoms with E-state index in [1.165, 1.54) is 36.0 Å². The molecule has 2 amide bonds. The first-order valence-electron chi connectivity index (χ1n) is 10.6. The van der Waals surface area contributed by atoms with Gasteiger partial charge in [0, 0.05) is 30.4 Å². The summed E-state index contributed by atoms with van der Waals surface area (Å²) in [5.74, 6) is 0.245. The molecule has 0 bridgehead atoms. The van der Waals surface area contributed by atoms with Crippen molar-refractivity contribution >= 4 is 35.0 Å². The fraction of sp³-hybridized carbons (Fsp3) is 0.304. The Morgan fingerprint density at radius 3 is 2.32 bits per heavy atom. The standard InChI is InChI=1S/C23H26N6O4S/c1-14(2)20(25-22(31)16-7-5-15(3)6-8-16)21-26-27-23(28(21)4)34-13-19(30)24-17-9-11-18(12-10-17)29(32)33/h5-12,14,20H,13H2,1-4H3,(H,24,30)(H,25,31)/t20-/m1/s1. The largest absolute Gasteiger partial charge is 0.342 e. The molecule has 1 aromatic heterocycles. The zero-order valence-corrected chi connectivity index (χ0v) is 20.1. The second kappa shape index (κ2) is 10.9. The Morgan fingerprint density at radius 1 is 1.09 bits per heavy atom. The summed E-state index contributed by atoms with van der Waals surface area (Å²) >= 11 is 1.21. The lowest BCUT2D eigenvalue weighted by molar-refractivity contribution is -0.384. The van der Waals surface area contributed by atoms with Crippen molar-refractivity contribution in [2.45, 2.75) is 32.0 Å². The number of nitro benzene ring substituents is 1. The number of hydrogen-bond donors (Lipinski definition) is 2. The second-order valence-corrected chi connectivity index (χ2v) is 9.04. The summed E-state index contributed by atoms with van der Waals surface area (Å²) in [6.45, 7) is 5.93. The van der Waals surface area contributed by atoms with Crippen LogP contribution >= 0.6 is 11.8 Å². The number of amides is 2. The predicted octanol–water partition coefficient (Wildman–Crippen LogP) is 3.89. The molecule has 1 heterocycles. The van der Waals surface area contributed by atoms with Crippen molar-refractivity contribution in [2.24, 2.45) is 13.0 Å². The molecule has 2 N–H and O–H groups in total. The van der Waals surface area contributed by atoms with Crippen LogP contribution in [-0.4, -0.2) is 37.3 Å². The van der Waals surface area contributed by atoms with Crippen LogP contribution in [0.3, 0.4) is 0 Å². The normalized spacial score (nSPS) is 11.8. The molecular weight excluding hydrogens is 456 g/mol. The molecule has 2 aromatic carbocycles. The van der Waals surface area contributed by atoms with Crippen LogP contribution in [0.1, 0.15) is 41.6 Å². The van der Waals surface area contributed by atoms with Crippen molar-refractivity contribution in [2.75, 3.05) is 11.1 Å². The van der Waals surface area contributed by atoms with Gasteiger partial charge in [0.25, 0.3) is 11.6 Å². The van der Waals surface area contributed by atoms with Crippen LogP contribution < -0.4 is 10.6 Å². The van der Waals surface area contributed by atoms with Gasteiger partial charge in [-0.25, -0.2) is 0 Å².